The van der Waals surface area contributed by atoms with Gasteiger partial charge in [-0.05, 0) is 46.5 Å². The average molecular weight is 349 g/mol. The molecule has 7 nitrogen and oxygen atoms in total. The minimum absolute atomic E-state index is 0.107. The standard InChI is InChI=1S/C15H31N3O4S/c1-15(2,3)22-14(19)17-13-8-6-12(7-9-13)16-10-11-23(20,21)18(4)5/h12-13,16H,6-11H2,1-5H3,(H,17,19). The molecule has 1 aliphatic rings. The van der Waals surface area contributed by atoms with Crippen molar-refractivity contribution in [2.24, 2.45) is 0 Å². The van der Waals surface area contributed by atoms with E-state index < -0.39 is 15.6 Å². The smallest absolute Gasteiger partial charge is 0.407 e. The first-order valence-corrected chi connectivity index (χ1v) is 9.73. The zero-order valence-corrected chi connectivity index (χ0v) is 15.7. The quantitative estimate of drug-likeness (QED) is 0.755. The summed E-state index contributed by atoms with van der Waals surface area (Å²) in [4.78, 5) is 11.7. The summed E-state index contributed by atoms with van der Waals surface area (Å²) < 4.78 is 29.9. The Morgan fingerprint density at radius 1 is 1.13 bits per heavy atom. The van der Waals surface area contributed by atoms with Gasteiger partial charge in [0.05, 0.1) is 5.75 Å². The van der Waals surface area contributed by atoms with E-state index in [9.17, 15) is 13.2 Å². The van der Waals surface area contributed by atoms with Crippen molar-refractivity contribution in [3.63, 3.8) is 0 Å². The third-order valence-electron chi connectivity index (χ3n) is 3.80. The van der Waals surface area contributed by atoms with E-state index in [0.717, 1.165) is 25.7 Å². The molecule has 0 aromatic rings. The number of amides is 1. The van der Waals surface area contributed by atoms with E-state index in [2.05, 4.69) is 10.6 Å². The second kappa shape index (κ2) is 8.30. The Morgan fingerprint density at radius 2 is 1.65 bits per heavy atom. The lowest BCUT2D eigenvalue weighted by Crippen LogP contribution is -2.44. The fourth-order valence-corrected chi connectivity index (χ4v) is 3.23. The van der Waals surface area contributed by atoms with Crippen molar-refractivity contribution < 1.29 is 17.9 Å². The number of rotatable bonds is 6. The summed E-state index contributed by atoms with van der Waals surface area (Å²) in [7, 11) is -0.0567. The Hall–Kier alpha value is -0.860. The highest BCUT2D eigenvalue weighted by atomic mass is 32.2. The minimum atomic E-state index is -3.15. The molecule has 1 rings (SSSR count). The zero-order valence-electron chi connectivity index (χ0n) is 14.9. The van der Waals surface area contributed by atoms with Crippen molar-refractivity contribution in [3.05, 3.63) is 0 Å². The molecule has 0 aliphatic heterocycles. The first kappa shape index (κ1) is 20.2. The first-order valence-electron chi connectivity index (χ1n) is 8.13. The molecule has 1 amide bonds. The van der Waals surface area contributed by atoms with Crippen molar-refractivity contribution in [1.29, 1.82) is 0 Å². The molecule has 0 aromatic heterocycles. The molecule has 1 saturated carbocycles. The SMILES string of the molecule is CN(C)S(=O)(=O)CCNC1CCC(NC(=O)OC(C)(C)C)CC1. The minimum Gasteiger partial charge on any atom is -0.444 e. The van der Waals surface area contributed by atoms with Gasteiger partial charge in [-0.1, -0.05) is 0 Å². The van der Waals surface area contributed by atoms with E-state index in [0.29, 0.717) is 12.6 Å². The summed E-state index contributed by atoms with van der Waals surface area (Å²) in [6.45, 7) is 5.98. The van der Waals surface area contributed by atoms with Crippen molar-refractivity contribution in [1.82, 2.24) is 14.9 Å². The maximum atomic E-state index is 11.7. The van der Waals surface area contributed by atoms with Crippen LogP contribution < -0.4 is 10.6 Å². The molecule has 8 heteroatoms. The third kappa shape index (κ3) is 7.99. The van der Waals surface area contributed by atoms with Gasteiger partial charge >= 0.3 is 6.09 Å². The molecule has 0 spiro atoms. The monoisotopic (exact) mass is 349 g/mol. The lowest BCUT2D eigenvalue weighted by molar-refractivity contribution is 0.0490. The molecule has 1 aliphatic carbocycles. The van der Waals surface area contributed by atoms with Crippen LogP contribution in [0, 0.1) is 0 Å². The Bertz CT molecular complexity index is 477. The number of carbonyl (C=O) groups excluding carboxylic acids is 1. The van der Waals surface area contributed by atoms with Crippen LogP contribution in [0.2, 0.25) is 0 Å². The topological polar surface area (TPSA) is 87.7 Å². The van der Waals surface area contributed by atoms with Gasteiger partial charge in [0.15, 0.2) is 0 Å². The Morgan fingerprint density at radius 3 is 2.13 bits per heavy atom. The highest BCUT2D eigenvalue weighted by Gasteiger charge is 2.25. The molecule has 0 atom stereocenters. The van der Waals surface area contributed by atoms with E-state index in [1.54, 1.807) is 14.1 Å². The molecular formula is C15H31N3O4S. The van der Waals surface area contributed by atoms with Crippen molar-refractivity contribution in [3.8, 4) is 0 Å². The summed E-state index contributed by atoms with van der Waals surface area (Å²) >= 11 is 0. The number of nitrogens with zero attached hydrogens (tertiary/aromatic N) is 1. The number of carbonyl (C=O) groups is 1. The maximum Gasteiger partial charge on any atom is 0.407 e. The van der Waals surface area contributed by atoms with Gasteiger partial charge in [0.1, 0.15) is 5.60 Å². The van der Waals surface area contributed by atoms with E-state index in [1.807, 2.05) is 20.8 Å². The second-order valence-electron chi connectivity index (χ2n) is 7.25. The lowest BCUT2D eigenvalue weighted by Gasteiger charge is -2.30. The normalized spacial score (nSPS) is 22.9. The number of alkyl carbamates (subject to hydrolysis) is 1. The van der Waals surface area contributed by atoms with E-state index in [1.165, 1.54) is 4.31 Å². The van der Waals surface area contributed by atoms with Gasteiger partial charge in [0, 0.05) is 32.7 Å². The highest BCUT2D eigenvalue weighted by Crippen LogP contribution is 2.19. The molecule has 0 aromatic carbocycles. The molecule has 0 unspecified atom stereocenters. The molecule has 23 heavy (non-hydrogen) atoms. The summed E-state index contributed by atoms with van der Waals surface area (Å²) in [5, 5.41) is 6.19. The molecular weight excluding hydrogens is 318 g/mol. The van der Waals surface area contributed by atoms with Gasteiger partial charge in [-0.15, -0.1) is 0 Å². The van der Waals surface area contributed by atoms with Gasteiger partial charge in [0.2, 0.25) is 10.0 Å². The fourth-order valence-electron chi connectivity index (χ4n) is 2.49. The number of ether oxygens (including phenoxy) is 1. The molecule has 0 bridgehead atoms. The summed E-state index contributed by atoms with van der Waals surface area (Å²) in [5.41, 5.74) is -0.485. The van der Waals surface area contributed by atoms with Crippen LogP contribution in [0.4, 0.5) is 4.79 Å². The van der Waals surface area contributed by atoms with Crippen LogP contribution in [0.15, 0.2) is 0 Å². The van der Waals surface area contributed by atoms with Gasteiger partial charge in [0.25, 0.3) is 0 Å². The Kier molecular flexibility index (Phi) is 7.29. The van der Waals surface area contributed by atoms with Crippen LogP contribution >= 0.6 is 0 Å². The van der Waals surface area contributed by atoms with Gasteiger partial charge in [-0.2, -0.15) is 0 Å². The highest BCUT2D eigenvalue weighted by molar-refractivity contribution is 7.89. The molecule has 1 fully saturated rings. The van der Waals surface area contributed by atoms with Crippen LogP contribution in [-0.2, 0) is 14.8 Å². The molecule has 0 radical (unpaired) electrons. The largest absolute Gasteiger partial charge is 0.444 e. The number of hydrogen-bond acceptors (Lipinski definition) is 5. The second-order valence-corrected chi connectivity index (χ2v) is 9.55. The Balaban J connectivity index is 2.24. The van der Waals surface area contributed by atoms with Gasteiger partial charge in [-0.3, -0.25) is 0 Å². The van der Waals surface area contributed by atoms with Crippen LogP contribution in [-0.4, -0.2) is 62.9 Å². The molecule has 136 valence electrons. The van der Waals surface area contributed by atoms with Crippen LogP contribution in [0.1, 0.15) is 46.5 Å². The predicted molar refractivity (Wildman–Crippen MR) is 90.9 cm³/mol. The fraction of sp³-hybridized carbons (Fsp3) is 0.933. The molecule has 2 N–H and O–H groups in total. The lowest BCUT2D eigenvalue weighted by atomic mass is 9.91. The maximum absolute atomic E-state index is 11.7. The van der Waals surface area contributed by atoms with E-state index >= 15 is 0 Å². The first-order chi connectivity index (χ1) is 10.5. The van der Waals surface area contributed by atoms with Crippen LogP contribution in [0.25, 0.3) is 0 Å². The molecule has 0 saturated heterocycles. The average Bonchev–Trinajstić information content (AvgIpc) is 2.38. The van der Waals surface area contributed by atoms with Crippen molar-refractivity contribution in [2.75, 3.05) is 26.4 Å². The van der Waals surface area contributed by atoms with E-state index in [-0.39, 0.29) is 17.9 Å². The van der Waals surface area contributed by atoms with Crippen LogP contribution in [0.5, 0.6) is 0 Å². The van der Waals surface area contributed by atoms with E-state index in [4.69, 9.17) is 4.74 Å². The molecule has 0 heterocycles. The summed E-state index contributed by atoms with van der Waals surface area (Å²) in [5.74, 6) is 0.107. The third-order valence-corrected chi connectivity index (χ3v) is 5.63. The van der Waals surface area contributed by atoms with Gasteiger partial charge in [-0.25, -0.2) is 17.5 Å². The van der Waals surface area contributed by atoms with Crippen molar-refractivity contribution in [2.45, 2.75) is 64.1 Å². The summed E-state index contributed by atoms with van der Waals surface area (Å²) in [6.07, 6.45) is 3.21. The predicted octanol–water partition coefficient (Wildman–Crippen LogP) is 1.30. The van der Waals surface area contributed by atoms with Gasteiger partial charge < -0.3 is 15.4 Å². The van der Waals surface area contributed by atoms with Crippen molar-refractivity contribution >= 4 is 16.1 Å². The number of hydrogen-bond donors (Lipinski definition) is 2. The number of sulfonamides is 1. The Labute approximate surface area is 140 Å². The summed E-state index contributed by atoms with van der Waals surface area (Å²) in [6, 6.07) is 0.442. The van der Waals surface area contributed by atoms with Crippen LogP contribution in [0.3, 0.4) is 0 Å². The zero-order chi connectivity index (χ0) is 17.7. The number of nitrogens with one attached hydrogen (secondary N) is 2.